The van der Waals surface area contributed by atoms with Crippen molar-refractivity contribution in [2.75, 3.05) is 20.3 Å². The Morgan fingerprint density at radius 1 is 1.75 bits per heavy atom. The molecule has 0 aromatic rings. The summed E-state index contributed by atoms with van der Waals surface area (Å²) < 4.78 is 5.06. The minimum Gasteiger partial charge on any atom is -0.480 e. The van der Waals surface area contributed by atoms with Crippen LogP contribution >= 0.6 is 0 Å². The van der Waals surface area contributed by atoms with Gasteiger partial charge in [-0.2, -0.15) is 0 Å². The minimum atomic E-state index is -0.789. The fourth-order valence-corrected chi connectivity index (χ4v) is 1.63. The number of carboxylic acid groups (broad SMARTS) is 1. The van der Waals surface area contributed by atoms with Crippen LogP contribution in [0.25, 0.3) is 0 Å². The third-order valence-electron chi connectivity index (χ3n) is 2.63. The number of likely N-dealkylation sites (N-methyl/N-ethyl adjacent to an activating group) is 1. The minimum absolute atomic E-state index is 0.180. The van der Waals surface area contributed by atoms with Crippen molar-refractivity contribution in [2.24, 2.45) is 5.41 Å². The van der Waals surface area contributed by atoms with E-state index >= 15 is 0 Å². The Kier molecular flexibility index (Phi) is 2.69. The van der Waals surface area contributed by atoms with E-state index in [2.05, 4.69) is 5.32 Å². The normalized spacial score (nSPS) is 22.8. The van der Waals surface area contributed by atoms with Crippen LogP contribution in [0.3, 0.4) is 0 Å². The van der Waals surface area contributed by atoms with Gasteiger partial charge in [0.25, 0.3) is 0 Å². The molecule has 0 spiro atoms. The number of carbonyl (C=O) groups is 1. The molecule has 0 amide bonds. The van der Waals surface area contributed by atoms with Gasteiger partial charge in [0.15, 0.2) is 0 Å². The van der Waals surface area contributed by atoms with Gasteiger partial charge in [-0.1, -0.05) is 6.92 Å². The molecule has 70 valence electrons. The van der Waals surface area contributed by atoms with E-state index in [0.717, 1.165) is 6.42 Å². The zero-order valence-electron chi connectivity index (χ0n) is 7.46. The lowest BCUT2D eigenvalue weighted by atomic mass is 9.76. The first-order valence-electron chi connectivity index (χ1n) is 4.14. The van der Waals surface area contributed by atoms with E-state index in [1.807, 2.05) is 6.92 Å². The Bertz CT molecular complexity index is 172. The van der Waals surface area contributed by atoms with Gasteiger partial charge in [-0.25, -0.2) is 0 Å². The monoisotopic (exact) mass is 173 g/mol. The van der Waals surface area contributed by atoms with Crippen LogP contribution in [-0.2, 0) is 9.53 Å². The predicted octanol–water partition coefficient (Wildman–Crippen LogP) is 0.0856. The van der Waals surface area contributed by atoms with Gasteiger partial charge in [0, 0.05) is 5.41 Å². The molecule has 1 atom stereocenters. The van der Waals surface area contributed by atoms with Crippen molar-refractivity contribution in [1.29, 1.82) is 0 Å². The molecule has 0 aromatic carbocycles. The van der Waals surface area contributed by atoms with Crippen LogP contribution in [-0.4, -0.2) is 37.4 Å². The first-order chi connectivity index (χ1) is 5.66. The van der Waals surface area contributed by atoms with Crippen molar-refractivity contribution in [2.45, 2.75) is 19.4 Å². The highest BCUT2D eigenvalue weighted by molar-refractivity contribution is 5.74. The maximum Gasteiger partial charge on any atom is 0.321 e. The van der Waals surface area contributed by atoms with Crippen LogP contribution in [0.2, 0.25) is 0 Å². The fourth-order valence-electron chi connectivity index (χ4n) is 1.63. The summed E-state index contributed by atoms with van der Waals surface area (Å²) in [4.78, 5) is 10.8. The number of carboxylic acids is 1. The molecule has 1 aliphatic rings. The number of rotatable bonds is 4. The van der Waals surface area contributed by atoms with Gasteiger partial charge in [-0.05, 0) is 13.5 Å². The van der Waals surface area contributed by atoms with E-state index in [9.17, 15) is 4.79 Å². The summed E-state index contributed by atoms with van der Waals surface area (Å²) in [6.07, 6.45) is 0.838. The molecule has 0 bridgehead atoms. The summed E-state index contributed by atoms with van der Waals surface area (Å²) >= 11 is 0. The predicted molar refractivity (Wildman–Crippen MR) is 44.0 cm³/mol. The Balaban J connectivity index is 2.68. The highest BCUT2D eigenvalue weighted by Gasteiger charge is 2.47. The zero-order valence-corrected chi connectivity index (χ0v) is 7.46. The van der Waals surface area contributed by atoms with Gasteiger partial charge in [0.2, 0.25) is 0 Å². The van der Waals surface area contributed by atoms with Gasteiger partial charge < -0.3 is 15.2 Å². The van der Waals surface area contributed by atoms with E-state index in [1.54, 1.807) is 7.05 Å². The lowest BCUT2D eigenvalue weighted by Crippen LogP contribution is -2.59. The van der Waals surface area contributed by atoms with Crippen molar-refractivity contribution in [3.8, 4) is 0 Å². The highest BCUT2D eigenvalue weighted by atomic mass is 16.5. The molecule has 1 aliphatic heterocycles. The molecular weight excluding hydrogens is 158 g/mol. The average molecular weight is 173 g/mol. The van der Waals surface area contributed by atoms with E-state index < -0.39 is 12.0 Å². The van der Waals surface area contributed by atoms with Gasteiger partial charge in [-0.3, -0.25) is 4.79 Å². The first-order valence-corrected chi connectivity index (χ1v) is 4.14. The average Bonchev–Trinajstić information content (AvgIpc) is 1.95. The SMILES string of the molecule is CCC1(C(NC)C(=O)O)COC1. The maximum atomic E-state index is 10.8. The second-order valence-corrected chi connectivity index (χ2v) is 3.27. The summed E-state index contributed by atoms with van der Waals surface area (Å²) in [5.41, 5.74) is -0.180. The lowest BCUT2D eigenvalue weighted by molar-refractivity contribution is -0.166. The molecule has 0 radical (unpaired) electrons. The molecule has 1 fully saturated rings. The Hall–Kier alpha value is -0.610. The second-order valence-electron chi connectivity index (χ2n) is 3.27. The third-order valence-corrected chi connectivity index (χ3v) is 2.63. The number of hydrogen-bond acceptors (Lipinski definition) is 3. The van der Waals surface area contributed by atoms with E-state index in [0.29, 0.717) is 13.2 Å². The molecule has 1 heterocycles. The third kappa shape index (κ3) is 1.32. The van der Waals surface area contributed by atoms with Crippen molar-refractivity contribution >= 4 is 5.97 Å². The summed E-state index contributed by atoms with van der Waals surface area (Å²) in [6, 6.07) is -0.476. The van der Waals surface area contributed by atoms with Gasteiger partial charge >= 0.3 is 5.97 Å². The number of hydrogen-bond donors (Lipinski definition) is 2. The van der Waals surface area contributed by atoms with Crippen molar-refractivity contribution in [3.05, 3.63) is 0 Å². The molecule has 1 rings (SSSR count). The van der Waals surface area contributed by atoms with E-state index in [4.69, 9.17) is 9.84 Å². The van der Waals surface area contributed by atoms with Crippen LogP contribution in [0.1, 0.15) is 13.3 Å². The maximum absolute atomic E-state index is 10.8. The molecule has 0 aliphatic carbocycles. The highest BCUT2D eigenvalue weighted by Crippen LogP contribution is 2.34. The lowest BCUT2D eigenvalue weighted by Gasteiger charge is -2.44. The Labute approximate surface area is 71.9 Å². The first kappa shape index (κ1) is 9.48. The molecule has 0 saturated carbocycles. The van der Waals surface area contributed by atoms with Crippen molar-refractivity contribution in [1.82, 2.24) is 5.32 Å². The summed E-state index contributed by atoms with van der Waals surface area (Å²) in [5.74, 6) is -0.789. The number of ether oxygens (including phenoxy) is 1. The summed E-state index contributed by atoms with van der Waals surface area (Å²) in [6.45, 7) is 3.11. The smallest absolute Gasteiger partial charge is 0.321 e. The Morgan fingerprint density at radius 3 is 2.42 bits per heavy atom. The Morgan fingerprint density at radius 2 is 2.33 bits per heavy atom. The molecule has 4 heteroatoms. The number of nitrogens with one attached hydrogen (secondary N) is 1. The summed E-state index contributed by atoms with van der Waals surface area (Å²) in [5, 5.41) is 11.7. The second kappa shape index (κ2) is 3.41. The van der Waals surface area contributed by atoms with Crippen molar-refractivity contribution < 1.29 is 14.6 Å². The topological polar surface area (TPSA) is 58.6 Å². The van der Waals surface area contributed by atoms with Gasteiger partial charge in [-0.15, -0.1) is 0 Å². The van der Waals surface area contributed by atoms with Crippen LogP contribution in [0.5, 0.6) is 0 Å². The van der Waals surface area contributed by atoms with Crippen LogP contribution < -0.4 is 5.32 Å². The molecule has 1 unspecified atom stereocenters. The van der Waals surface area contributed by atoms with Crippen LogP contribution in [0, 0.1) is 5.41 Å². The van der Waals surface area contributed by atoms with Gasteiger partial charge in [0.05, 0.1) is 13.2 Å². The van der Waals surface area contributed by atoms with E-state index in [1.165, 1.54) is 0 Å². The molecule has 0 aromatic heterocycles. The standard InChI is InChI=1S/C8H15NO3/c1-3-8(4-12-5-8)6(9-2)7(10)11/h6,9H,3-5H2,1-2H3,(H,10,11). The zero-order chi connectivity index (χ0) is 9.19. The number of aliphatic carboxylic acids is 1. The van der Waals surface area contributed by atoms with Gasteiger partial charge in [0.1, 0.15) is 6.04 Å². The quantitative estimate of drug-likeness (QED) is 0.632. The molecule has 4 nitrogen and oxygen atoms in total. The fraction of sp³-hybridized carbons (Fsp3) is 0.875. The van der Waals surface area contributed by atoms with Crippen LogP contribution in [0.15, 0.2) is 0 Å². The summed E-state index contributed by atoms with van der Waals surface area (Å²) in [7, 11) is 1.68. The molecule has 2 N–H and O–H groups in total. The largest absolute Gasteiger partial charge is 0.480 e. The molecule has 12 heavy (non-hydrogen) atoms. The van der Waals surface area contributed by atoms with Crippen molar-refractivity contribution in [3.63, 3.8) is 0 Å². The van der Waals surface area contributed by atoms with Crippen LogP contribution in [0.4, 0.5) is 0 Å². The molecular formula is C8H15NO3. The van der Waals surface area contributed by atoms with E-state index in [-0.39, 0.29) is 5.41 Å². The molecule has 1 saturated heterocycles.